The van der Waals surface area contributed by atoms with Gasteiger partial charge in [0.05, 0.1) is 25.2 Å². The molecular weight excluding hydrogens is 438 g/mol. The van der Waals surface area contributed by atoms with E-state index in [-0.39, 0.29) is 17.9 Å². The molecule has 0 spiro atoms. The number of H-pyrrole nitrogens is 1. The first-order valence-corrected chi connectivity index (χ1v) is 13.2. The Balaban J connectivity index is 1.38. The Hall–Kier alpha value is -2.41. The zero-order valence-corrected chi connectivity index (χ0v) is 21.4. The van der Waals surface area contributed by atoms with Crippen molar-refractivity contribution >= 4 is 22.4 Å². The van der Waals surface area contributed by atoms with Gasteiger partial charge < -0.3 is 19.8 Å². The summed E-state index contributed by atoms with van der Waals surface area (Å²) in [4.78, 5) is 19.0. The Morgan fingerprint density at radius 2 is 2.17 bits per heavy atom. The lowest BCUT2D eigenvalue weighted by Crippen LogP contribution is -2.48. The summed E-state index contributed by atoms with van der Waals surface area (Å²) >= 11 is 0. The number of fused-ring (bicyclic) bond motifs is 2. The van der Waals surface area contributed by atoms with Crippen molar-refractivity contribution in [3.63, 3.8) is 0 Å². The predicted molar refractivity (Wildman–Crippen MR) is 142 cm³/mol. The Morgan fingerprint density at radius 3 is 3.00 bits per heavy atom. The molecule has 1 aliphatic carbocycles. The molecule has 2 heterocycles. The van der Waals surface area contributed by atoms with Gasteiger partial charge in [-0.25, -0.2) is 0 Å². The average Bonchev–Trinajstić information content (AvgIpc) is 3.28. The summed E-state index contributed by atoms with van der Waals surface area (Å²) in [6.45, 7) is 8.73. The standard InChI is InChI=1S/C29H41N3O3/c1-4-6-7-8-9-14-35-23(20-34-13-5-2)18-31-29(33)22-15-25-24-11-10-12-26-28(24)21(17-30-26)16-27(25)32(3)19-22/h5,10-12,15,17,22-23,27,30H,2,4,6-9,13-14,16,18-20H2,1,3H3,(H,31,33)/t22-,23?,27-/m1/s1. The van der Waals surface area contributed by atoms with Crippen molar-refractivity contribution in [3.05, 3.63) is 54.3 Å². The van der Waals surface area contributed by atoms with Gasteiger partial charge in [-0.05, 0) is 42.7 Å². The molecule has 0 fully saturated rings. The van der Waals surface area contributed by atoms with Gasteiger partial charge in [-0.2, -0.15) is 0 Å². The van der Waals surface area contributed by atoms with Crippen molar-refractivity contribution in [1.82, 2.24) is 15.2 Å². The molecule has 1 aliphatic heterocycles. The van der Waals surface area contributed by atoms with Crippen LogP contribution in [0.2, 0.25) is 0 Å². The molecule has 6 heteroatoms. The maximum absolute atomic E-state index is 13.2. The summed E-state index contributed by atoms with van der Waals surface area (Å²) in [5, 5.41) is 4.45. The third-order valence-electron chi connectivity index (χ3n) is 7.25. The SMILES string of the molecule is C=CCOCC(CNC(=O)[C@@H]1C=C2c3cccc4[nH]cc(c34)C[C@H]2N(C)C1)OCCCCCCC. The quantitative estimate of drug-likeness (QED) is 0.304. The van der Waals surface area contributed by atoms with Gasteiger partial charge in [0.2, 0.25) is 5.91 Å². The highest BCUT2D eigenvalue weighted by molar-refractivity contribution is 5.99. The molecule has 0 saturated carbocycles. The molecule has 0 saturated heterocycles. The number of hydrogen-bond acceptors (Lipinski definition) is 4. The number of nitrogens with zero attached hydrogens (tertiary/aromatic N) is 1. The molecule has 1 amide bonds. The zero-order chi connectivity index (χ0) is 24.6. The van der Waals surface area contributed by atoms with Crippen LogP contribution in [0.3, 0.4) is 0 Å². The fourth-order valence-corrected chi connectivity index (χ4v) is 5.36. The molecule has 35 heavy (non-hydrogen) atoms. The highest BCUT2D eigenvalue weighted by Gasteiger charge is 2.35. The average molecular weight is 480 g/mol. The number of likely N-dealkylation sites (N-methyl/N-ethyl adjacent to an activating group) is 1. The smallest absolute Gasteiger partial charge is 0.228 e. The second-order valence-electron chi connectivity index (χ2n) is 9.91. The van der Waals surface area contributed by atoms with E-state index >= 15 is 0 Å². The zero-order valence-electron chi connectivity index (χ0n) is 21.4. The third-order valence-corrected chi connectivity index (χ3v) is 7.25. The van der Waals surface area contributed by atoms with Crippen molar-refractivity contribution in [2.45, 2.75) is 57.6 Å². The number of unbranched alkanes of at least 4 members (excludes halogenated alkanes) is 4. The summed E-state index contributed by atoms with van der Waals surface area (Å²) in [6.07, 6.45) is 12.9. The van der Waals surface area contributed by atoms with Crippen LogP contribution < -0.4 is 5.32 Å². The van der Waals surface area contributed by atoms with E-state index in [1.54, 1.807) is 6.08 Å². The minimum atomic E-state index is -0.189. The predicted octanol–water partition coefficient (Wildman–Crippen LogP) is 4.71. The van der Waals surface area contributed by atoms with E-state index in [0.29, 0.717) is 39.0 Å². The van der Waals surface area contributed by atoms with Crippen molar-refractivity contribution in [2.24, 2.45) is 5.92 Å². The molecular formula is C29H41N3O3. The first kappa shape index (κ1) is 25.7. The van der Waals surface area contributed by atoms with Gasteiger partial charge in [0.25, 0.3) is 0 Å². The first-order valence-electron chi connectivity index (χ1n) is 13.2. The minimum absolute atomic E-state index is 0.0510. The Morgan fingerprint density at radius 1 is 1.31 bits per heavy atom. The van der Waals surface area contributed by atoms with Gasteiger partial charge in [-0.15, -0.1) is 6.58 Å². The normalized spacial score (nSPS) is 20.3. The van der Waals surface area contributed by atoms with Crippen LogP contribution in [0.4, 0.5) is 0 Å². The number of amides is 1. The molecule has 190 valence electrons. The number of carbonyl (C=O) groups excluding carboxylic acids is 1. The monoisotopic (exact) mass is 479 g/mol. The second kappa shape index (κ2) is 12.5. The molecule has 1 aromatic carbocycles. The van der Waals surface area contributed by atoms with E-state index < -0.39 is 0 Å². The van der Waals surface area contributed by atoms with Gasteiger partial charge in [-0.1, -0.05) is 56.9 Å². The van der Waals surface area contributed by atoms with Crippen LogP contribution in [0, 0.1) is 5.92 Å². The molecule has 3 atom stereocenters. The van der Waals surface area contributed by atoms with Gasteiger partial charge in [0, 0.05) is 42.8 Å². The fourth-order valence-electron chi connectivity index (χ4n) is 5.36. The van der Waals surface area contributed by atoms with E-state index in [1.165, 1.54) is 53.3 Å². The molecule has 2 N–H and O–H groups in total. The van der Waals surface area contributed by atoms with Crippen LogP contribution in [0.25, 0.3) is 16.5 Å². The number of carbonyl (C=O) groups is 1. The van der Waals surface area contributed by atoms with E-state index in [2.05, 4.69) is 66.2 Å². The van der Waals surface area contributed by atoms with Crippen LogP contribution in [-0.4, -0.2) is 67.9 Å². The molecule has 6 nitrogen and oxygen atoms in total. The molecule has 2 aromatic rings. The maximum atomic E-state index is 13.2. The lowest BCUT2D eigenvalue weighted by Gasteiger charge is -2.39. The number of hydrogen-bond donors (Lipinski definition) is 2. The second-order valence-corrected chi connectivity index (χ2v) is 9.91. The van der Waals surface area contributed by atoms with Gasteiger partial charge >= 0.3 is 0 Å². The van der Waals surface area contributed by atoms with Crippen molar-refractivity contribution in [2.75, 3.05) is 40.0 Å². The first-order chi connectivity index (χ1) is 17.1. The number of rotatable bonds is 14. The van der Waals surface area contributed by atoms with Crippen molar-refractivity contribution < 1.29 is 14.3 Å². The molecule has 2 aliphatic rings. The highest BCUT2D eigenvalue weighted by atomic mass is 16.5. The minimum Gasteiger partial charge on any atom is -0.375 e. The Labute approximate surface area is 209 Å². The van der Waals surface area contributed by atoms with Gasteiger partial charge in [0.1, 0.15) is 0 Å². The van der Waals surface area contributed by atoms with Crippen molar-refractivity contribution in [3.8, 4) is 0 Å². The number of nitrogens with one attached hydrogen (secondary N) is 2. The third kappa shape index (κ3) is 6.24. The topological polar surface area (TPSA) is 66.6 Å². The molecule has 0 bridgehead atoms. The van der Waals surface area contributed by atoms with Crippen LogP contribution in [0.5, 0.6) is 0 Å². The summed E-state index contributed by atoms with van der Waals surface area (Å²) in [6, 6.07) is 6.72. The molecule has 1 unspecified atom stereocenters. The Kier molecular flexibility index (Phi) is 9.18. The molecule has 1 aromatic heterocycles. The largest absolute Gasteiger partial charge is 0.375 e. The van der Waals surface area contributed by atoms with Crippen LogP contribution >= 0.6 is 0 Å². The van der Waals surface area contributed by atoms with E-state index in [9.17, 15) is 4.79 Å². The fraction of sp³-hybridized carbons (Fsp3) is 0.552. The lowest BCUT2D eigenvalue weighted by molar-refractivity contribution is -0.125. The van der Waals surface area contributed by atoms with E-state index in [4.69, 9.17) is 9.47 Å². The van der Waals surface area contributed by atoms with Crippen LogP contribution in [-0.2, 0) is 20.7 Å². The van der Waals surface area contributed by atoms with Gasteiger partial charge in [0.15, 0.2) is 0 Å². The number of aromatic nitrogens is 1. The van der Waals surface area contributed by atoms with Crippen molar-refractivity contribution in [1.29, 1.82) is 0 Å². The maximum Gasteiger partial charge on any atom is 0.228 e. The van der Waals surface area contributed by atoms with Gasteiger partial charge in [-0.3, -0.25) is 9.69 Å². The summed E-state index contributed by atoms with van der Waals surface area (Å²) in [5.74, 6) is -0.138. The number of ether oxygens (including phenoxy) is 2. The molecule has 4 rings (SSSR count). The van der Waals surface area contributed by atoms with E-state index in [0.717, 1.165) is 12.8 Å². The number of aromatic amines is 1. The summed E-state index contributed by atoms with van der Waals surface area (Å²) in [5.41, 5.74) is 5.05. The molecule has 0 radical (unpaired) electrons. The highest BCUT2D eigenvalue weighted by Crippen LogP contribution is 2.40. The van der Waals surface area contributed by atoms with Crippen LogP contribution in [0.15, 0.2) is 43.1 Å². The lowest BCUT2D eigenvalue weighted by atomic mass is 9.80. The van der Waals surface area contributed by atoms with E-state index in [1.807, 2.05) is 0 Å². The number of benzene rings is 1. The van der Waals surface area contributed by atoms with Crippen LogP contribution in [0.1, 0.15) is 50.2 Å². The summed E-state index contributed by atoms with van der Waals surface area (Å²) in [7, 11) is 2.13. The summed E-state index contributed by atoms with van der Waals surface area (Å²) < 4.78 is 11.7. The Bertz CT molecular complexity index is 1030.